The highest BCUT2D eigenvalue weighted by Gasteiger charge is 2.59. The van der Waals surface area contributed by atoms with Gasteiger partial charge in [-0.3, -0.25) is 14.5 Å². The van der Waals surface area contributed by atoms with Crippen molar-refractivity contribution in [2.75, 3.05) is 4.90 Å². The highest BCUT2D eigenvalue weighted by atomic mass is 79.9. The van der Waals surface area contributed by atoms with Crippen LogP contribution in [0.25, 0.3) is 0 Å². The standard InChI is InChI=1S/C22H16BrNO4/c23-15-5-9-17(10-6-15)28-22(27)12-3-7-16(8-4-12)24-20(25)18-13-1-2-14(11-13)19(18)21(24)26/h1-10,13-14,18-19H,11H2. The number of esters is 1. The highest BCUT2D eigenvalue weighted by Crippen LogP contribution is 2.53. The van der Waals surface area contributed by atoms with Crippen molar-refractivity contribution in [3.63, 3.8) is 0 Å². The third kappa shape index (κ3) is 2.63. The van der Waals surface area contributed by atoms with Crippen LogP contribution in [0.5, 0.6) is 5.75 Å². The molecule has 2 fully saturated rings. The lowest BCUT2D eigenvalue weighted by Gasteiger charge is -2.17. The summed E-state index contributed by atoms with van der Waals surface area (Å²) in [7, 11) is 0. The summed E-state index contributed by atoms with van der Waals surface area (Å²) in [5.74, 6) is -0.415. The second kappa shape index (κ2) is 6.41. The van der Waals surface area contributed by atoms with Gasteiger partial charge in [0.25, 0.3) is 0 Å². The number of carbonyl (C=O) groups excluding carboxylic acids is 3. The summed E-state index contributed by atoms with van der Waals surface area (Å²) in [6.07, 6.45) is 5.05. The number of hydrogen-bond donors (Lipinski definition) is 0. The second-order valence-electron chi connectivity index (χ2n) is 7.40. The molecule has 4 unspecified atom stereocenters. The molecule has 0 N–H and O–H groups in total. The van der Waals surface area contributed by atoms with Crippen LogP contribution in [0.4, 0.5) is 5.69 Å². The molecule has 2 bridgehead atoms. The number of nitrogens with zero attached hydrogens (tertiary/aromatic N) is 1. The van der Waals surface area contributed by atoms with Crippen LogP contribution in [0.2, 0.25) is 0 Å². The lowest BCUT2D eigenvalue weighted by atomic mass is 9.85. The Labute approximate surface area is 170 Å². The third-order valence-electron chi connectivity index (χ3n) is 5.86. The number of fused-ring (bicyclic) bond motifs is 5. The van der Waals surface area contributed by atoms with E-state index in [1.165, 1.54) is 4.90 Å². The molecule has 2 aromatic carbocycles. The summed E-state index contributed by atoms with van der Waals surface area (Å²) in [6.45, 7) is 0. The monoisotopic (exact) mass is 437 g/mol. The van der Waals surface area contributed by atoms with Gasteiger partial charge < -0.3 is 4.74 Å². The number of anilines is 1. The minimum absolute atomic E-state index is 0.128. The van der Waals surface area contributed by atoms with Gasteiger partial charge in [0.2, 0.25) is 11.8 Å². The minimum Gasteiger partial charge on any atom is -0.423 e. The first kappa shape index (κ1) is 17.4. The molecule has 4 atom stereocenters. The van der Waals surface area contributed by atoms with E-state index in [4.69, 9.17) is 4.74 Å². The van der Waals surface area contributed by atoms with E-state index in [0.717, 1.165) is 10.9 Å². The number of ether oxygens (including phenoxy) is 1. The van der Waals surface area contributed by atoms with Crippen LogP contribution < -0.4 is 9.64 Å². The van der Waals surface area contributed by atoms with Gasteiger partial charge in [-0.05, 0) is 66.8 Å². The number of amides is 2. The Morgan fingerprint density at radius 1 is 0.893 bits per heavy atom. The molecular formula is C22H16BrNO4. The van der Waals surface area contributed by atoms with Crippen molar-refractivity contribution in [3.05, 3.63) is 70.7 Å². The molecule has 0 spiro atoms. The van der Waals surface area contributed by atoms with Crippen LogP contribution >= 0.6 is 15.9 Å². The number of carbonyl (C=O) groups is 3. The molecule has 2 aliphatic carbocycles. The molecule has 1 saturated heterocycles. The minimum atomic E-state index is -0.493. The van der Waals surface area contributed by atoms with Crippen LogP contribution in [0, 0.1) is 23.7 Å². The molecule has 1 heterocycles. The van der Waals surface area contributed by atoms with E-state index in [0.29, 0.717) is 17.0 Å². The van der Waals surface area contributed by atoms with E-state index in [-0.39, 0.29) is 35.5 Å². The first-order chi connectivity index (χ1) is 13.5. The summed E-state index contributed by atoms with van der Waals surface area (Å²) >= 11 is 3.33. The Morgan fingerprint density at radius 3 is 2.04 bits per heavy atom. The zero-order valence-electron chi connectivity index (χ0n) is 14.7. The van der Waals surface area contributed by atoms with Crippen molar-refractivity contribution in [1.82, 2.24) is 0 Å². The predicted octanol–water partition coefficient (Wildman–Crippen LogP) is 3.98. The molecule has 0 aromatic heterocycles. The summed E-state index contributed by atoms with van der Waals surface area (Å²) < 4.78 is 6.24. The molecule has 3 aliphatic rings. The van der Waals surface area contributed by atoms with Gasteiger partial charge in [-0.1, -0.05) is 28.1 Å². The average molecular weight is 438 g/mol. The Bertz CT molecular complexity index is 982. The van der Waals surface area contributed by atoms with Gasteiger partial charge in [0, 0.05) is 4.47 Å². The van der Waals surface area contributed by atoms with Gasteiger partial charge in [-0.15, -0.1) is 0 Å². The zero-order valence-corrected chi connectivity index (χ0v) is 16.3. The summed E-state index contributed by atoms with van der Waals surface area (Å²) in [6, 6.07) is 13.4. The molecule has 1 aliphatic heterocycles. The lowest BCUT2D eigenvalue weighted by molar-refractivity contribution is -0.123. The van der Waals surface area contributed by atoms with Crippen LogP contribution in [0.3, 0.4) is 0 Å². The molecule has 0 radical (unpaired) electrons. The topological polar surface area (TPSA) is 63.7 Å². The summed E-state index contributed by atoms with van der Waals surface area (Å²) in [5, 5.41) is 0. The van der Waals surface area contributed by atoms with E-state index in [2.05, 4.69) is 28.1 Å². The van der Waals surface area contributed by atoms with Crippen LogP contribution in [0.1, 0.15) is 16.8 Å². The van der Waals surface area contributed by atoms with Crippen LogP contribution in [0.15, 0.2) is 65.2 Å². The highest BCUT2D eigenvalue weighted by molar-refractivity contribution is 9.10. The fraction of sp³-hybridized carbons (Fsp3) is 0.227. The molecule has 28 heavy (non-hydrogen) atoms. The normalized spacial score (nSPS) is 27.4. The van der Waals surface area contributed by atoms with Crippen LogP contribution in [-0.2, 0) is 9.59 Å². The number of imide groups is 1. The van der Waals surface area contributed by atoms with Gasteiger partial charge in [-0.2, -0.15) is 0 Å². The summed E-state index contributed by atoms with van der Waals surface area (Å²) in [4.78, 5) is 39.3. The van der Waals surface area contributed by atoms with Gasteiger partial charge in [0.15, 0.2) is 0 Å². The fourth-order valence-electron chi connectivity index (χ4n) is 4.57. The molecule has 2 amide bonds. The number of benzene rings is 2. The van der Waals surface area contributed by atoms with Gasteiger partial charge in [0.05, 0.1) is 23.1 Å². The Balaban J connectivity index is 1.34. The van der Waals surface area contributed by atoms with Crippen molar-refractivity contribution in [1.29, 1.82) is 0 Å². The molecule has 2 aromatic rings. The van der Waals surface area contributed by atoms with E-state index in [1.807, 2.05) is 0 Å². The number of hydrogen-bond acceptors (Lipinski definition) is 4. The molecule has 5 nitrogen and oxygen atoms in total. The Kier molecular flexibility index (Phi) is 3.98. The molecule has 1 saturated carbocycles. The van der Waals surface area contributed by atoms with Crippen molar-refractivity contribution in [3.8, 4) is 5.75 Å². The number of rotatable bonds is 3. The van der Waals surface area contributed by atoms with E-state index in [1.54, 1.807) is 48.5 Å². The van der Waals surface area contributed by atoms with Gasteiger partial charge in [-0.25, -0.2) is 4.79 Å². The van der Waals surface area contributed by atoms with Gasteiger partial charge in [0.1, 0.15) is 5.75 Å². The first-order valence-corrected chi connectivity index (χ1v) is 9.96. The van der Waals surface area contributed by atoms with E-state index in [9.17, 15) is 14.4 Å². The van der Waals surface area contributed by atoms with E-state index >= 15 is 0 Å². The molecular weight excluding hydrogens is 422 g/mol. The maximum absolute atomic E-state index is 12.9. The number of halogens is 1. The Morgan fingerprint density at radius 2 is 1.46 bits per heavy atom. The van der Waals surface area contributed by atoms with Crippen molar-refractivity contribution in [2.45, 2.75) is 6.42 Å². The smallest absolute Gasteiger partial charge is 0.343 e. The second-order valence-corrected chi connectivity index (χ2v) is 8.32. The van der Waals surface area contributed by atoms with Crippen molar-refractivity contribution >= 4 is 39.4 Å². The zero-order chi connectivity index (χ0) is 19.4. The SMILES string of the molecule is O=C(Oc1ccc(Br)cc1)c1ccc(N2C(=O)C3C4C=CC(C4)C3C2=O)cc1. The van der Waals surface area contributed by atoms with Crippen molar-refractivity contribution in [2.24, 2.45) is 23.7 Å². The predicted molar refractivity (Wildman–Crippen MR) is 106 cm³/mol. The molecule has 5 rings (SSSR count). The third-order valence-corrected chi connectivity index (χ3v) is 6.38. The van der Waals surface area contributed by atoms with Gasteiger partial charge >= 0.3 is 5.97 Å². The van der Waals surface area contributed by atoms with Crippen LogP contribution in [-0.4, -0.2) is 17.8 Å². The lowest BCUT2D eigenvalue weighted by Crippen LogP contribution is -2.32. The maximum atomic E-state index is 12.9. The summed E-state index contributed by atoms with van der Waals surface area (Å²) in [5.41, 5.74) is 0.858. The van der Waals surface area contributed by atoms with Crippen molar-refractivity contribution < 1.29 is 19.1 Å². The largest absolute Gasteiger partial charge is 0.423 e. The number of allylic oxidation sites excluding steroid dienone is 2. The fourth-order valence-corrected chi connectivity index (χ4v) is 4.84. The first-order valence-electron chi connectivity index (χ1n) is 9.17. The molecule has 140 valence electrons. The average Bonchev–Trinajstić information content (AvgIpc) is 3.38. The Hall–Kier alpha value is -2.73. The van der Waals surface area contributed by atoms with E-state index < -0.39 is 5.97 Å². The molecule has 6 heteroatoms. The maximum Gasteiger partial charge on any atom is 0.343 e. The quantitative estimate of drug-likeness (QED) is 0.315.